The molecule has 8 heteroatoms. The number of phenols is 1. The molecule has 1 heterocycles. The number of para-hydroxylation sites is 2. The highest BCUT2D eigenvalue weighted by Crippen LogP contribution is 2.28. The normalized spacial score (nSPS) is 10.3. The van der Waals surface area contributed by atoms with Crippen molar-refractivity contribution in [3.63, 3.8) is 0 Å². The third-order valence-electron chi connectivity index (χ3n) is 3.64. The second kappa shape index (κ2) is 6.98. The first kappa shape index (κ1) is 17.0. The first-order chi connectivity index (χ1) is 12.5. The molecule has 2 amide bonds. The van der Waals surface area contributed by atoms with Crippen molar-refractivity contribution >= 4 is 22.8 Å². The summed E-state index contributed by atoms with van der Waals surface area (Å²) in [5, 5.41) is 10.5. The van der Waals surface area contributed by atoms with Crippen molar-refractivity contribution in [1.82, 2.24) is 10.9 Å². The standard InChI is InChI=1S/C18H14N2O6/c1-25-14-8-4-6-11(15(14)21)16(22)19-20-17(23)12-9-10-5-2-3-7-13(10)26-18(12)24/h2-9,21H,1H3,(H,19,22)(H,20,23). The number of amides is 2. The number of nitrogens with one attached hydrogen (secondary N) is 2. The molecular formula is C18H14N2O6. The van der Waals surface area contributed by atoms with E-state index in [0.29, 0.717) is 11.0 Å². The summed E-state index contributed by atoms with van der Waals surface area (Å²) in [6, 6.07) is 12.4. The van der Waals surface area contributed by atoms with E-state index in [1.165, 1.54) is 31.4 Å². The average Bonchev–Trinajstić information content (AvgIpc) is 2.65. The van der Waals surface area contributed by atoms with Crippen molar-refractivity contribution in [1.29, 1.82) is 0 Å². The van der Waals surface area contributed by atoms with E-state index in [2.05, 4.69) is 10.9 Å². The van der Waals surface area contributed by atoms with Crippen LogP contribution in [0.4, 0.5) is 0 Å². The maximum absolute atomic E-state index is 12.2. The van der Waals surface area contributed by atoms with E-state index in [1.54, 1.807) is 24.3 Å². The Labute approximate surface area is 147 Å². The quantitative estimate of drug-likeness (QED) is 0.485. The Balaban J connectivity index is 1.78. The summed E-state index contributed by atoms with van der Waals surface area (Å²) >= 11 is 0. The zero-order chi connectivity index (χ0) is 18.7. The highest BCUT2D eigenvalue weighted by molar-refractivity contribution is 6.01. The van der Waals surface area contributed by atoms with Gasteiger partial charge >= 0.3 is 5.63 Å². The smallest absolute Gasteiger partial charge is 0.349 e. The lowest BCUT2D eigenvalue weighted by Gasteiger charge is -2.10. The van der Waals surface area contributed by atoms with Crippen LogP contribution in [0.25, 0.3) is 11.0 Å². The van der Waals surface area contributed by atoms with Crippen LogP contribution < -0.4 is 21.2 Å². The highest BCUT2D eigenvalue weighted by atomic mass is 16.5. The molecule has 132 valence electrons. The van der Waals surface area contributed by atoms with E-state index in [0.717, 1.165) is 0 Å². The minimum atomic E-state index is -0.847. The van der Waals surface area contributed by atoms with Gasteiger partial charge in [-0.3, -0.25) is 20.4 Å². The Morgan fingerprint density at radius 1 is 1.00 bits per heavy atom. The van der Waals surface area contributed by atoms with Crippen molar-refractivity contribution in [2.24, 2.45) is 0 Å². The molecule has 0 saturated heterocycles. The topological polar surface area (TPSA) is 118 Å². The summed E-state index contributed by atoms with van der Waals surface area (Å²) in [5.41, 5.74) is 3.39. The number of hydrogen-bond acceptors (Lipinski definition) is 6. The average molecular weight is 354 g/mol. The number of ether oxygens (including phenoxy) is 1. The minimum Gasteiger partial charge on any atom is -0.504 e. The van der Waals surface area contributed by atoms with E-state index >= 15 is 0 Å². The number of aromatic hydroxyl groups is 1. The Morgan fingerprint density at radius 3 is 2.42 bits per heavy atom. The van der Waals surface area contributed by atoms with Gasteiger partial charge in [0.1, 0.15) is 11.1 Å². The van der Waals surface area contributed by atoms with Crippen LogP contribution in [0.15, 0.2) is 57.7 Å². The summed E-state index contributed by atoms with van der Waals surface area (Å²) in [7, 11) is 1.34. The fourth-order valence-electron chi connectivity index (χ4n) is 2.34. The number of hydrazine groups is 1. The van der Waals surface area contributed by atoms with Crippen LogP contribution in [0.2, 0.25) is 0 Å². The van der Waals surface area contributed by atoms with Crippen LogP contribution in [-0.2, 0) is 0 Å². The van der Waals surface area contributed by atoms with Gasteiger partial charge in [-0.05, 0) is 24.3 Å². The number of rotatable bonds is 3. The van der Waals surface area contributed by atoms with Gasteiger partial charge in [0.15, 0.2) is 11.5 Å². The van der Waals surface area contributed by atoms with E-state index in [4.69, 9.17) is 9.15 Å². The van der Waals surface area contributed by atoms with Crippen LogP contribution in [0.3, 0.4) is 0 Å². The Bertz CT molecular complexity index is 1060. The molecule has 0 unspecified atom stereocenters. The summed E-state index contributed by atoms with van der Waals surface area (Å²) in [5.74, 6) is -1.88. The van der Waals surface area contributed by atoms with Crippen molar-refractivity contribution in [3.8, 4) is 11.5 Å². The van der Waals surface area contributed by atoms with Gasteiger partial charge in [-0.25, -0.2) is 4.79 Å². The fourth-order valence-corrected chi connectivity index (χ4v) is 2.34. The van der Waals surface area contributed by atoms with Crippen molar-refractivity contribution in [3.05, 3.63) is 70.1 Å². The van der Waals surface area contributed by atoms with Crippen LogP contribution in [0, 0.1) is 0 Å². The Kier molecular flexibility index (Phi) is 4.57. The van der Waals surface area contributed by atoms with Crippen molar-refractivity contribution < 1.29 is 23.8 Å². The number of hydrogen-bond donors (Lipinski definition) is 3. The Morgan fingerprint density at radius 2 is 1.69 bits per heavy atom. The van der Waals surface area contributed by atoms with Gasteiger partial charge in [-0.1, -0.05) is 24.3 Å². The summed E-state index contributed by atoms with van der Waals surface area (Å²) in [6.45, 7) is 0. The molecule has 0 bridgehead atoms. The minimum absolute atomic E-state index is 0.102. The van der Waals surface area contributed by atoms with Gasteiger partial charge in [-0.2, -0.15) is 0 Å². The molecule has 26 heavy (non-hydrogen) atoms. The summed E-state index contributed by atoms with van der Waals surface area (Å²) in [6.07, 6.45) is 0. The molecule has 3 rings (SSSR count). The van der Waals surface area contributed by atoms with Crippen LogP contribution in [-0.4, -0.2) is 24.0 Å². The van der Waals surface area contributed by atoms with Crippen LogP contribution >= 0.6 is 0 Å². The first-order valence-electron chi connectivity index (χ1n) is 7.51. The maximum Gasteiger partial charge on any atom is 0.349 e. The molecule has 0 aliphatic heterocycles. The van der Waals surface area contributed by atoms with Crippen molar-refractivity contribution in [2.45, 2.75) is 0 Å². The van der Waals surface area contributed by atoms with E-state index in [9.17, 15) is 19.5 Å². The molecule has 0 aliphatic carbocycles. The lowest BCUT2D eigenvalue weighted by Crippen LogP contribution is -2.43. The van der Waals surface area contributed by atoms with Crippen LogP contribution in [0.5, 0.6) is 11.5 Å². The van der Waals surface area contributed by atoms with Gasteiger partial charge < -0.3 is 14.3 Å². The molecule has 3 aromatic rings. The number of carbonyl (C=O) groups excluding carboxylic acids is 2. The van der Waals surface area contributed by atoms with E-state index < -0.39 is 17.4 Å². The summed E-state index contributed by atoms with van der Waals surface area (Å²) < 4.78 is 9.99. The maximum atomic E-state index is 12.2. The number of benzene rings is 2. The lowest BCUT2D eigenvalue weighted by molar-refractivity contribution is 0.0842. The van der Waals surface area contributed by atoms with Gasteiger partial charge in [0.25, 0.3) is 11.8 Å². The summed E-state index contributed by atoms with van der Waals surface area (Å²) in [4.78, 5) is 36.2. The molecule has 0 atom stereocenters. The molecule has 0 radical (unpaired) electrons. The first-order valence-corrected chi connectivity index (χ1v) is 7.51. The lowest BCUT2D eigenvalue weighted by atomic mass is 10.1. The molecule has 8 nitrogen and oxygen atoms in total. The van der Waals surface area contributed by atoms with E-state index in [-0.39, 0.29) is 22.6 Å². The monoisotopic (exact) mass is 354 g/mol. The number of fused-ring (bicyclic) bond motifs is 1. The molecule has 1 aromatic heterocycles. The molecular weight excluding hydrogens is 340 g/mol. The largest absolute Gasteiger partial charge is 0.504 e. The SMILES string of the molecule is COc1cccc(C(=O)NNC(=O)c2cc3ccccc3oc2=O)c1O. The number of methoxy groups -OCH3 is 1. The number of phenolic OH excluding ortho intramolecular Hbond substituents is 1. The van der Waals surface area contributed by atoms with Gasteiger partial charge in [0.2, 0.25) is 0 Å². The van der Waals surface area contributed by atoms with Crippen LogP contribution in [0.1, 0.15) is 20.7 Å². The van der Waals surface area contributed by atoms with Crippen molar-refractivity contribution in [2.75, 3.05) is 7.11 Å². The molecule has 0 aliphatic rings. The Hall–Kier alpha value is -3.81. The second-order valence-electron chi connectivity index (χ2n) is 5.25. The predicted octanol–water partition coefficient (Wildman–Crippen LogP) is 1.58. The second-order valence-corrected chi connectivity index (χ2v) is 5.25. The van der Waals surface area contributed by atoms with Gasteiger partial charge in [0.05, 0.1) is 12.7 Å². The third-order valence-corrected chi connectivity index (χ3v) is 3.64. The van der Waals surface area contributed by atoms with Gasteiger partial charge in [-0.15, -0.1) is 0 Å². The zero-order valence-electron chi connectivity index (χ0n) is 13.6. The molecule has 2 aromatic carbocycles. The molecule has 0 saturated carbocycles. The number of carbonyl (C=O) groups is 2. The van der Waals surface area contributed by atoms with E-state index in [1.807, 2.05) is 0 Å². The predicted molar refractivity (Wildman–Crippen MR) is 92.1 cm³/mol. The highest BCUT2D eigenvalue weighted by Gasteiger charge is 2.18. The molecule has 3 N–H and O–H groups in total. The molecule has 0 fully saturated rings. The fraction of sp³-hybridized carbons (Fsp3) is 0.0556. The zero-order valence-corrected chi connectivity index (χ0v) is 13.6. The van der Waals surface area contributed by atoms with Gasteiger partial charge in [0, 0.05) is 5.39 Å². The molecule has 0 spiro atoms. The third kappa shape index (κ3) is 3.20.